The summed E-state index contributed by atoms with van der Waals surface area (Å²) in [5.74, 6) is -0.0856. The van der Waals surface area contributed by atoms with Crippen molar-refractivity contribution in [1.29, 1.82) is 0 Å². The molecule has 3 rings (SSSR count). The summed E-state index contributed by atoms with van der Waals surface area (Å²) in [5.41, 5.74) is 0.516. The Balaban J connectivity index is 1.82. The van der Waals surface area contributed by atoms with Crippen molar-refractivity contribution in [3.63, 3.8) is 0 Å². The predicted molar refractivity (Wildman–Crippen MR) is 122 cm³/mol. The maximum Gasteiger partial charge on any atom is 0.229 e. The van der Waals surface area contributed by atoms with E-state index in [-0.39, 0.29) is 17.1 Å². The van der Waals surface area contributed by atoms with Crippen LogP contribution < -0.4 is 18.9 Å². The van der Waals surface area contributed by atoms with Crippen LogP contribution in [-0.4, -0.2) is 90.0 Å². The minimum Gasteiger partial charge on any atom is -0.507 e. The lowest BCUT2D eigenvalue weighted by Gasteiger charge is -2.39. The number of benzene rings is 2. The standard InChI is InChI=1S/C24H28O11/c1-31-16-7-5-12(8-17(16)32-2)4-6-14(26)20-15(27)9-13(10-18(20)33-3)34-24-23(30)22(29)21(28)19(11-25)35-24/h4-10,19,21-25,27-30H,11H2,1-3H3/b6-4+/t19-,21-,22+,23-,24-/m1/s1. The number of carbonyl (C=O) groups is 1. The fourth-order valence-electron chi connectivity index (χ4n) is 3.56. The number of carbonyl (C=O) groups excluding carboxylic acids is 1. The van der Waals surface area contributed by atoms with Crippen molar-refractivity contribution >= 4 is 11.9 Å². The van der Waals surface area contributed by atoms with Gasteiger partial charge in [0.25, 0.3) is 0 Å². The van der Waals surface area contributed by atoms with E-state index >= 15 is 0 Å². The molecule has 0 radical (unpaired) electrons. The second kappa shape index (κ2) is 11.4. The van der Waals surface area contributed by atoms with Gasteiger partial charge in [-0.2, -0.15) is 0 Å². The van der Waals surface area contributed by atoms with Crippen molar-refractivity contribution in [3.05, 3.63) is 47.5 Å². The fourth-order valence-corrected chi connectivity index (χ4v) is 3.56. The number of aliphatic hydroxyl groups is 4. The van der Waals surface area contributed by atoms with Gasteiger partial charge in [0.2, 0.25) is 6.29 Å². The van der Waals surface area contributed by atoms with Crippen LogP contribution in [0.25, 0.3) is 6.08 Å². The second-order valence-electron chi connectivity index (χ2n) is 7.65. The Labute approximate surface area is 201 Å². The average molecular weight is 492 g/mol. The van der Waals surface area contributed by atoms with Crippen LogP contribution in [-0.2, 0) is 4.74 Å². The van der Waals surface area contributed by atoms with Crippen molar-refractivity contribution < 1.29 is 54.0 Å². The lowest BCUT2D eigenvalue weighted by Crippen LogP contribution is -2.60. The van der Waals surface area contributed by atoms with E-state index in [1.54, 1.807) is 18.2 Å². The van der Waals surface area contributed by atoms with Crippen LogP contribution in [0, 0.1) is 0 Å². The van der Waals surface area contributed by atoms with Gasteiger partial charge in [0.05, 0.1) is 27.9 Å². The van der Waals surface area contributed by atoms with Crippen molar-refractivity contribution in [3.8, 4) is 28.7 Å². The number of aromatic hydroxyl groups is 1. The van der Waals surface area contributed by atoms with E-state index in [1.165, 1.54) is 39.5 Å². The summed E-state index contributed by atoms with van der Waals surface area (Å²) in [6.07, 6.45) is -4.69. The maximum absolute atomic E-state index is 12.8. The van der Waals surface area contributed by atoms with E-state index in [1.807, 2.05) is 0 Å². The van der Waals surface area contributed by atoms with Crippen molar-refractivity contribution in [2.75, 3.05) is 27.9 Å². The van der Waals surface area contributed by atoms with Crippen LogP contribution in [0.15, 0.2) is 36.4 Å². The number of phenols is 1. The van der Waals surface area contributed by atoms with Gasteiger partial charge in [-0.1, -0.05) is 12.1 Å². The van der Waals surface area contributed by atoms with Gasteiger partial charge in [-0.3, -0.25) is 4.79 Å². The highest BCUT2D eigenvalue weighted by Crippen LogP contribution is 2.36. The van der Waals surface area contributed by atoms with E-state index in [0.29, 0.717) is 17.1 Å². The third-order valence-electron chi connectivity index (χ3n) is 5.46. The Kier molecular flexibility index (Phi) is 8.54. The fraction of sp³-hybridized carbons (Fsp3) is 0.375. The first-order chi connectivity index (χ1) is 16.7. The summed E-state index contributed by atoms with van der Waals surface area (Å²) >= 11 is 0. The Bertz CT molecular complexity index is 1070. The molecule has 0 saturated carbocycles. The molecule has 190 valence electrons. The smallest absolute Gasteiger partial charge is 0.229 e. The highest BCUT2D eigenvalue weighted by molar-refractivity contribution is 6.10. The van der Waals surface area contributed by atoms with Crippen molar-refractivity contribution in [1.82, 2.24) is 0 Å². The van der Waals surface area contributed by atoms with E-state index in [4.69, 9.17) is 23.7 Å². The molecule has 0 unspecified atom stereocenters. The first kappa shape index (κ1) is 26.3. The van der Waals surface area contributed by atoms with Gasteiger partial charge in [0, 0.05) is 12.1 Å². The number of ether oxygens (including phenoxy) is 5. The van der Waals surface area contributed by atoms with Gasteiger partial charge in [0.15, 0.2) is 17.3 Å². The van der Waals surface area contributed by atoms with Crippen LogP contribution in [0.5, 0.6) is 28.7 Å². The topological polar surface area (TPSA) is 164 Å². The van der Waals surface area contributed by atoms with E-state index in [9.17, 15) is 30.3 Å². The molecule has 0 spiro atoms. The second-order valence-corrected chi connectivity index (χ2v) is 7.65. The van der Waals surface area contributed by atoms with Crippen LogP contribution in [0.3, 0.4) is 0 Å². The van der Waals surface area contributed by atoms with Gasteiger partial charge in [-0.15, -0.1) is 0 Å². The highest BCUT2D eigenvalue weighted by Gasteiger charge is 2.44. The molecule has 0 bridgehead atoms. The Morgan fingerprint density at radius 1 is 0.943 bits per heavy atom. The van der Waals surface area contributed by atoms with Gasteiger partial charge in [-0.25, -0.2) is 0 Å². The lowest BCUT2D eigenvalue weighted by molar-refractivity contribution is -0.277. The Hall–Kier alpha value is -3.35. The number of hydrogen-bond donors (Lipinski definition) is 5. The zero-order valence-corrected chi connectivity index (χ0v) is 19.3. The number of methoxy groups -OCH3 is 3. The normalized spacial score (nSPS) is 24.3. The number of allylic oxidation sites excluding steroid dienone is 1. The highest BCUT2D eigenvalue weighted by atomic mass is 16.7. The molecule has 1 aliphatic rings. The molecule has 0 amide bonds. The van der Waals surface area contributed by atoms with Crippen molar-refractivity contribution in [2.24, 2.45) is 0 Å². The molecule has 2 aromatic carbocycles. The number of hydrogen-bond acceptors (Lipinski definition) is 11. The van der Waals surface area contributed by atoms with E-state index in [0.717, 1.165) is 6.07 Å². The largest absolute Gasteiger partial charge is 0.507 e. The quantitative estimate of drug-likeness (QED) is 0.244. The monoisotopic (exact) mass is 492 g/mol. The molecule has 0 aromatic heterocycles. The summed E-state index contributed by atoms with van der Waals surface area (Å²) in [6, 6.07) is 7.49. The SMILES string of the molecule is COc1ccc(/C=C/C(=O)c2c(O)cc(O[C@@H]3O[C@H](CO)[C@@H](O)[C@H](O)[C@H]3O)cc2OC)cc1OC. The zero-order chi connectivity index (χ0) is 25.7. The van der Waals surface area contributed by atoms with Crippen molar-refractivity contribution in [2.45, 2.75) is 30.7 Å². The third kappa shape index (κ3) is 5.66. The molecular formula is C24H28O11. The molecule has 1 fully saturated rings. The lowest BCUT2D eigenvalue weighted by atomic mass is 9.99. The predicted octanol–water partition coefficient (Wildman–Crippen LogP) is 0.493. The van der Waals surface area contributed by atoms with Gasteiger partial charge in [-0.05, 0) is 23.8 Å². The third-order valence-corrected chi connectivity index (χ3v) is 5.46. The van der Waals surface area contributed by atoms with E-state index in [2.05, 4.69) is 0 Å². The molecule has 11 nitrogen and oxygen atoms in total. The van der Waals surface area contributed by atoms with E-state index < -0.39 is 48.8 Å². The summed E-state index contributed by atoms with van der Waals surface area (Å²) in [7, 11) is 4.30. The zero-order valence-electron chi connectivity index (χ0n) is 19.3. The summed E-state index contributed by atoms with van der Waals surface area (Å²) < 4.78 is 26.5. The molecule has 5 atom stereocenters. The Morgan fingerprint density at radius 3 is 2.26 bits per heavy atom. The van der Waals surface area contributed by atoms with Crippen LogP contribution in [0.2, 0.25) is 0 Å². The molecule has 2 aromatic rings. The molecular weight excluding hydrogens is 464 g/mol. The number of ketones is 1. The minimum atomic E-state index is -1.65. The van der Waals surface area contributed by atoms with Crippen LogP contribution in [0.1, 0.15) is 15.9 Å². The number of aliphatic hydroxyl groups excluding tert-OH is 4. The molecule has 35 heavy (non-hydrogen) atoms. The maximum atomic E-state index is 12.8. The van der Waals surface area contributed by atoms with Gasteiger partial charge in [0.1, 0.15) is 47.2 Å². The van der Waals surface area contributed by atoms with Gasteiger partial charge >= 0.3 is 0 Å². The minimum absolute atomic E-state index is 0.0217. The molecule has 11 heteroatoms. The molecule has 1 aliphatic heterocycles. The summed E-state index contributed by atoms with van der Waals surface area (Å²) in [6.45, 7) is -0.626. The van der Waals surface area contributed by atoms with Gasteiger partial charge < -0.3 is 49.2 Å². The van der Waals surface area contributed by atoms with Crippen LogP contribution in [0.4, 0.5) is 0 Å². The molecule has 0 aliphatic carbocycles. The van der Waals surface area contributed by atoms with Crippen LogP contribution >= 0.6 is 0 Å². The molecule has 1 saturated heterocycles. The number of rotatable bonds is 9. The first-order valence-corrected chi connectivity index (χ1v) is 10.6. The Morgan fingerprint density at radius 2 is 1.63 bits per heavy atom. The number of phenolic OH excluding ortho intramolecular Hbond substituents is 1. The summed E-state index contributed by atoms with van der Waals surface area (Å²) in [5, 5.41) is 49.8. The molecule has 5 N–H and O–H groups in total. The first-order valence-electron chi connectivity index (χ1n) is 10.6. The molecule has 1 heterocycles. The average Bonchev–Trinajstić information content (AvgIpc) is 2.86. The summed E-state index contributed by atoms with van der Waals surface area (Å²) in [4.78, 5) is 12.8.